The van der Waals surface area contributed by atoms with Crippen LogP contribution in [0.1, 0.15) is 78.6 Å². The highest BCUT2D eigenvalue weighted by Crippen LogP contribution is 2.27. The summed E-state index contributed by atoms with van der Waals surface area (Å²) in [5.74, 6) is 1.04. The third-order valence-electron chi connectivity index (χ3n) is 4.32. The summed E-state index contributed by atoms with van der Waals surface area (Å²) in [6, 6.07) is 0.960. The molecule has 17 heavy (non-hydrogen) atoms. The van der Waals surface area contributed by atoms with Crippen LogP contribution in [0.2, 0.25) is 0 Å². The van der Waals surface area contributed by atoms with Gasteiger partial charge in [0.05, 0.1) is 0 Å². The second-order valence-corrected chi connectivity index (χ2v) is 5.89. The highest BCUT2D eigenvalue weighted by molar-refractivity contribution is 4.80. The van der Waals surface area contributed by atoms with Crippen molar-refractivity contribution in [3.05, 3.63) is 0 Å². The lowest BCUT2D eigenvalue weighted by Gasteiger charge is -2.39. The summed E-state index contributed by atoms with van der Waals surface area (Å²) < 4.78 is 0. The zero-order valence-corrected chi connectivity index (χ0v) is 12.4. The molecule has 0 radical (unpaired) electrons. The summed E-state index contributed by atoms with van der Waals surface area (Å²) in [5.41, 5.74) is 0. The fourth-order valence-corrected chi connectivity index (χ4v) is 3.17. The number of hydrogen-bond acceptors (Lipinski definition) is 1. The first-order chi connectivity index (χ1) is 8.31. The van der Waals surface area contributed by atoms with Gasteiger partial charge in [-0.2, -0.15) is 0 Å². The van der Waals surface area contributed by atoms with Crippen molar-refractivity contribution in [2.24, 2.45) is 5.92 Å². The zero-order chi connectivity index (χ0) is 12.5. The van der Waals surface area contributed by atoms with Gasteiger partial charge in [-0.15, -0.1) is 0 Å². The number of rotatable bonds is 2. The van der Waals surface area contributed by atoms with Crippen LogP contribution in [0.4, 0.5) is 0 Å². The van der Waals surface area contributed by atoms with Gasteiger partial charge in [-0.05, 0) is 44.7 Å². The molecule has 0 bridgehead atoms. The van der Waals surface area contributed by atoms with Crippen molar-refractivity contribution >= 4 is 0 Å². The summed E-state index contributed by atoms with van der Waals surface area (Å²) in [6.45, 7) is 9.38. The van der Waals surface area contributed by atoms with E-state index in [-0.39, 0.29) is 0 Å². The summed E-state index contributed by atoms with van der Waals surface area (Å²) in [5, 5.41) is 0. The van der Waals surface area contributed by atoms with E-state index in [4.69, 9.17) is 0 Å². The summed E-state index contributed by atoms with van der Waals surface area (Å²) in [7, 11) is 0. The molecule has 0 spiro atoms. The van der Waals surface area contributed by atoms with E-state index in [1.54, 1.807) is 0 Å². The standard InChI is InChI=1S/C13H25N.C3H8/c1-2-12-8-10-14(11-9-12)13-6-4-3-5-7-13;1-3-2/h12-13H,2-11H2,1H3;3H2,1-2H3. The molecular formula is C16H33N. The van der Waals surface area contributed by atoms with Gasteiger partial charge in [-0.3, -0.25) is 0 Å². The van der Waals surface area contributed by atoms with Crippen molar-refractivity contribution in [3.8, 4) is 0 Å². The molecule has 2 rings (SSSR count). The van der Waals surface area contributed by atoms with Crippen molar-refractivity contribution in [2.45, 2.75) is 84.6 Å². The number of nitrogens with zero attached hydrogens (tertiary/aromatic N) is 1. The monoisotopic (exact) mass is 239 g/mol. The molecule has 1 aliphatic heterocycles. The largest absolute Gasteiger partial charge is 0.300 e. The first-order valence-electron chi connectivity index (χ1n) is 8.05. The van der Waals surface area contributed by atoms with Gasteiger partial charge in [0.1, 0.15) is 0 Å². The fourth-order valence-electron chi connectivity index (χ4n) is 3.17. The summed E-state index contributed by atoms with van der Waals surface area (Å²) in [4.78, 5) is 2.78. The third-order valence-corrected chi connectivity index (χ3v) is 4.32. The van der Waals surface area contributed by atoms with E-state index < -0.39 is 0 Å². The van der Waals surface area contributed by atoms with E-state index >= 15 is 0 Å². The SMILES string of the molecule is CCC.CCC1CCN(C2CCCCC2)CC1. The lowest BCUT2D eigenvalue weighted by Crippen LogP contribution is -2.42. The van der Waals surface area contributed by atoms with Crippen LogP contribution in [0.25, 0.3) is 0 Å². The van der Waals surface area contributed by atoms with E-state index in [0.717, 1.165) is 12.0 Å². The predicted octanol–water partition coefficient (Wildman–Crippen LogP) is 4.86. The molecule has 2 fully saturated rings. The molecule has 1 heterocycles. The van der Waals surface area contributed by atoms with Crippen molar-refractivity contribution in [1.82, 2.24) is 4.90 Å². The Balaban J connectivity index is 0.000000437. The maximum atomic E-state index is 2.78. The van der Waals surface area contributed by atoms with Gasteiger partial charge in [-0.1, -0.05) is 52.9 Å². The van der Waals surface area contributed by atoms with E-state index in [2.05, 4.69) is 25.7 Å². The molecule has 0 unspecified atom stereocenters. The van der Waals surface area contributed by atoms with Gasteiger partial charge < -0.3 is 4.90 Å². The van der Waals surface area contributed by atoms with Gasteiger partial charge in [0.25, 0.3) is 0 Å². The predicted molar refractivity (Wildman–Crippen MR) is 77.4 cm³/mol. The van der Waals surface area contributed by atoms with Crippen molar-refractivity contribution in [3.63, 3.8) is 0 Å². The Hall–Kier alpha value is -0.0400. The molecule has 1 heteroatoms. The van der Waals surface area contributed by atoms with Crippen molar-refractivity contribution in [1.29, 1.82) is 0 Å². The molecule has 0 atom stereocenters. The molecule has 1 aliphatic carbocycles. The maximum absolute atomic E-state index is 2.78. The van der Waals surface area contributed by atoms with Crippen LogP contribution < -0.4 is 0 Å². The van der Waals surface area contributed by atoms with Crippen LogP contribution in [-0.2, 0) is 0 Å². The average molecular weight is 239 g/mol. The molecule has 0 aromatic carbocycles. The van der Waals surface area contributed by atoms with Crippen LogP contribution in [0.15, 0.2) is 0 Å². The molecule has 1 saturated carbocycles. The Morgan fingerprint density at radius 3 is 1.82 bits per heavy atom. The molecule has 1 nitrogen and oxygen atoms in total. The van der Waals surface area contributed by atoms with Crippen molar-refractivity contribution in [2.75, 3.05) is 13.1 Å². The number of hydrogen-bond donors (Lipinski definition) is 0. The number of piperidine rings is 1. The highest BCUT2D eigenvalue weighted by Gasteiger charge is 2.25. The summed E-state index contributed by atoms with van der Waals surface area (Å²) in [6.07, 6.45) is 13.0. The second-order valence-electron chi connectivity index (χ2n) is 5.89. The molecule has 102 valence electrons. The third kappa shape index (κ3) is 5.42. The van der Waals surface area contributed by atoms with Gasteiger partial charge in [0.2, 0.25) is 0 Å². The molecule has 0 N–H and O–H groups in total. The highest BCUT2D eigenvalue weighted by atomic mass is 15.2. The van der Waals surface area contributed by atoms with E-state index in [9.17, 15) is 0 Å². The minimum absolute atomic E-state index is 0.960. The number of likely N-dealkylation sites (tertiary alicyclic amines) is 1. The minimum Gasteiger partial charge on any atom is -0.300 e. The van der Waals surface area contributed by atoms with E-state index in [1.807, 2.05) is 0 Å². The Bertz CT molecular complexity index is 164. The van der Waals surface area contributed by atoms with Gasteiger partial charge in [0.15, 0.2) is 0 Å². The molecule has 2 aliphatic rings. The molecule has 1 saturated heterocycles. The fraction of sp³-hybridized carbons (Fsp3) is 1.00. The Morgan fingerprint density at radius 2 is 1.35 bits per heavy atom. The van der Waals surface area contributed by atoms with E-state index in [0.29, 0.717) is 0 Å². The Kier molecular flexibility index (Phi) is 7.92. The van der Waals surface area contributed by atoms with E-state index in [1.165, 1.54) is 70.9 Å². The first kappa shape index (κ1) is 15.0. The quantitative estimate of drug-likeness (QED) is 0.665. The summed E-state index contributed by atoms with van der Waals surface area (Å²) >= 11 is 0. The molecule has 0 aromatic heterocycles. The van der Waals surface area contributed by atoms with Crippen LogP contribution in [0, 0.1) is 5.92 Å². The van der Waals surface area contributed by atoms with Crippen LogP contribution >= 0.6 is 0 Å². The Labute approximate surface area is 109 Å². The normalized spacial score (nSPS) is 24.2. The molecule has 0 amide bonds. The Morgan fingerprint density at radius 1 is 0.824 bits per heavy atom. The molecular weight excluding hydrogens is 206 g/mol. The minimum atomic E-state index is 0.960. The molecule has 0 aromatic rings. The van der Waals surface area contributed by atoms with Gasteiger partial charge in [0, 0.05) is 6.04 Å². The van der Waals surface area contributed by atoms with Crippen LogP contribution in [0.5, 0.6) is 0 Å². The smallest absolute Gasteiger partial charge is 0.00952 e. The van der Waals surface area contributed by atoms with Crippen LogP contribution in [-0.4, -0.2) is 24.0 Å². The van der Waals surface area contributed by atoms with Crippen molar-refractivity contribution < 1.29 is 0 Å². The lowest BCUT2D eigenvalue weighted by atomic mass is 9.89. The maximum Gasteiger partial charge on any atom is 0.00952 e. The van der Waals surface area contributed by atoms with Crippen LogP contribution in [0.3, 0.4) is 0 Å². The van der Waals surface area contributed by atoms with Gasteiger partial charge in [-0.25, -0.2) is 0 Å². The average Bonchev–Trinajstić information content (AvgIpc) is 2.41. The topological polar surface area (TPSA) is 3.24 Å². The zero-order valence-electron chi connectivity index (χ0n) is 12.4. The van der Waals surface area contributed by atoms with Gasteiger partial charge >= 0.3 is 0 Å². The first-order valence-corrected chi connectivity index (χ1v) is 8.05. The lowest BCUT2D eigenvalue weighted by molar-refractivity contribution is 0.106. The second kappa shape index (κ2) is 8.97.